The topological polar surface area (TPSA) is 78.8 Å². The standard InChI is InChI=1S/C27H21Cl2N3O3S/c28-24-16-15-21(17-25(24)29)18-30-31-27(33)23-13-7-8-14-26(23)32(19-20-9-3-1-4-10-20)36(34,35)22-11-5-2-6-12-22/h1-18H,19H2,(H,31,33)/b30-18-. The van der Waals surface area contributed by atoms with Crippen molar-refractivity contribution < 1.29 is 13.2 Å². The maximum absolute atomic E-state index is 13.7. The number of amides is 1. The van der Waals surface area contributed by atoms with Gasteiger partial charge in [0, 0.05) is 0 Å². The van der Waals surface area contributed by atoms with Gasteiger partial charge in [-0.15, -0.1) is 0 Å². The van der Waals surface area contributed by atoms with Crippen LogP contribution in [0.4, 0.5) is 5.69 Å². The van der Waals surface area contributed by atoms with Gasteiger partial charge in [-0.1, -0.05) is 89.9 Å². The van der Waals surface area contributed by atoms with Gasteiger partial charge < -0.3 is 0 Å². The molecule has 182 valence electrons. The molecule has 0 atom stereocenters. The maximum Gasteiger partial charge on any atom is 0.273 e. The van der Waals surface area contributed by atoms with E-state index < -0.39 is 15.9 Å². The molecule has 1 amide bonds. The van der Waals surface area contributed by atoms with Crippen molar-refractivity contribution in [3.63, 3.8) is 0 Å². The lowest BCUT2D eigenvalue weighted by atomic mass is 10.1. The zero-order valence-electron chi connectivity index (χ0n) is 18.9. The normalized spacial score (nSPS) is 11.4. The van der Waals surface area contributed by atoms with Crippen molar-refractivity contribution >= 4 is 51.0 Å². The summed E-state index contributed by atoms with van der Waals surface area (Å²) >= 11 is 12.0. The summed E-state index contributed by atoms with van der Waals surface area (Å²) in [5, 5.41) is 4.77. The summed E-state index contributed by atoms with van der Waals surface area (Å²) in [7, 11) is -3.99. The minimum atomic E-state index is -3.99. The number of para-hydroxylation sites is 1. The number of rotatable bonds is 8. The van der Waals surface area contributed by atoms with Crippen LogP contribution in [0, 0.1) is 0 Å². The molecule has 0 fully saturated rings. The number of hydrogen-bond donors (Lipinski definition) is 1. The Hall–Kier alpha value is -3.65. The molecule has 36 heavy (non-hydrogen) atoms. The molecule has 0 heterocycles. The lowest BCUT2D eigenvalue weighted by molar-refractivity contribution is 0.0956. The predicted octanol–water partition coefficient (Wildman–Crippen LogP) is 6.15. The summed E-state index contributed by atoms with van der Waals surface area (Å²) in [5.74, 6) is -0.566. The summed E-state index contributed by atoms with van der Waals surface area (Å²) in [6, 6.07) is 28.7. The number of nitrogens with zero attached hydrogens (tertiary/aromatic N) is 2. The van der Waals surface area contributed by atoms with Crippen LogP contribution in [0.2, 0.25) is 10.0 Å². The van der Waals surface area contributed by atoms with Gasteiger partial charge in [0.25, 0.3) is 15.9 Å². The fourth-order valence-corrected chi connectivity index (χ4v) is 5.27. The van der Waals surface area contributed by atoms with Gasteiger partial charge in [-0.3, -0.25) is 9.10 Å². The smallest absolute Gasteiger partial charge is 0.267 e. The number of benzene rings is 4. The summed E-state index contributed by atoms with van der Waals surface area (Å²) in [6.45, 7) is 0.0366. The Labute approximate surface area is 219 Å². The van der Waals surface area contributed by atoms with Gasteiger partial charge in [0.05, 0.1) is 39.0 Å². The number of halogens is 2. The molecule has 0 radical (unpaired) electrons. The van der Waals surface area contributed by atoms with Gasteiger partial charge in [0.1, 0.15) is 0 Å². The highest BCUT2D eigenvalue weighted by Gasteiger charge is 2.28. The molecule has 4 aromatic rings. The van der Waals surface area contributed by atoms with E-state index in [1.54, 1.807) is 60.7 Å². The second-order valence-corrected chi connectivity index (χ2v) is 10.4. The number of carbonyl (C=O) groups excluding carboxylic acids is 1. The Morgan fingerprint density at radius 3 is 2.17 bits per heavy atom. The average Bonchev–Trinajstić information content (AvgIpc) is 2.90. The average molecular weight is 538 g/mol. The minimum Gasteiger partial charge on any atom is -0.267 e. The highest BCUT2D eigenvalue weighted by atomic mass is 35.5. The first-order valence-electron chi connectivity index (χ1n) is 10.9. The molecule has 4 aromatic carbocycles. The number of hydrazone groups is 1. The van der Waals surface area contributed by atoms with E-state index in [1.165, 1.54) is 22.7 Å². The van der Waals surface area contributed by atoms with Crippen molar-refractivity contribution in [3.05, 3.63) is 130 Å². The second-order valence-electron chi connectivity index (χ2n) is 7.70. The van der Waals surface area contributed by atoms with Crippen LogP contribution >= 0.6 is 23.2 Å². The first-order valence-corrected chi connectivity index (χ1v) is 13.0. The third-order valence-electron chi connectivity index (χ3n) is 5.24. The molecule has 0 saturated carbocycles. The molecule has 9 heteroatoms. The van der Waals surface area contributed by atoms with Gasteiger partial charge >= 0.3 is 0 Å². The van der Waals surface area contributed by atoms with Crippen LogP contribution < -0.4 is 9.73 Å². The lowest BCUT2D eigenvalue weighted by Gasteiger charge is -2.26. The molecular formula is C27H21Cl2N3O3S. The van der Waals surface area contributed by atoms with E-state index in [4.69, 9.17) is 23.2 Å². The minimum absolute atomic E-state index is 0.0366. The third-order valence-corrected chi connectivity index (χ3v) is 7.75. The quantitative estimate of drug-likeness (QED) is 0.216. The fourth-order valence-electron chi connectivity index (χ4n) is 3.47. The van der Waals surface area contributed by atoms with Crippen LogP contribution in [0.15, 0.2) is 113 Å². The predicted molar refractivity (Wildman–Crippen MR) is 144 cm³/mol. The molecule has 0 aromatic heterocycles. The molecule has 4 rings (SSSR count). The van der Waals surface area contributed by atoms with Crippen molar-refractivity contribution in [2.75, 3.05) is 4.31 Å². The summed E-state index contributed by atoms with van der Waals surface area (Å²) in [5.41, 5.74) is 4.25. The largest absolute Gasteiger partial charge is 0.273 e. The first-order chi connectivity index (χ1) is 17.4. The van der Waals surface area contributed by atoms with E-state index in [2.05, 4.69) is 10.5 Å². The van der Waals surface area contributed by atoms with Gasteiger partial charge in [-0.25, -0.2) is 13.8 Å². The number of hydrogen-bond acceptors (Lipinski definition) is 4. The molecule has 0 aliphatic heterocycles. The number of nitrogens with one attached hydrogen (secondary N) is 1. The van der Waals surface area contributed by atoms with Crippen molar-refractivity contribution in [1.29, 1.82) is 0 Å². The maximum atomic E-state index is 13.7. The molecule has 1 N–H and O–H groups in total. The molecular weight excluding hydrogens is 517 g/mol. The zero-order chi connectivity index (χ0) is 25.5. The van der Waals surface area contributed by atoms with Gasteiger partial charge in [0.2, 0.25) is 0 Å². The Kier molecular flexibility index (Phi) is 8.05. The van der Waals surface area contributed by atoms with E-state index in [1.807, 2.05) is 30.3 Å². The highest BCUT2D eigenvalue weighted by Crippen LogP contribution is 2.29. The number of carbonyl (C=O) groups is 1. The molecule has 0 aliphatic carbocycles. The number of anilines is 1. The van der Waals surface area contributed by atoms with E-state index in [0.717, 1.165) is 5.56 Å². The van der Waals surface area contributed by atoms with E-state index in [9.17, 15) is 13.2 Å². The Balaban J connectivity index is 1.68. The highest BCUT2D eigenvalue weighted by molar-refractivity contribution is 7.92. The molecule has 6 nitrogen and oxygen atoms in total. The van der Waals surface area contributed by atoms with Crippen molar-refractivity contribution in [1.82, 2.24) is 5.43 Å². The van der Waals surface area contributed by atoms with E-state index in [-0.39, 0.29) is 22.7 Å². The lowest BCUT2D eigenvalue weighted by Crippen LogP contribution is -2.33. The van der Waals surface area contributed by atoms with Crippen LogP contribution in [0.25, 0.3) is 0 Å². The zero-order valence-corrected chi connectivity index (χ0v) is 21.2. The van der Waals surface area contributed by atoms with Crippen LogP contribution in [0.1, 0.15) is 21.5 Å². The van der Waals surface area contributed by atoms with Crippen molar-refractivity contribution in [2.45, 2.75) is 11.4 Å². The Bertz CT molecular complexity index is 1500. The van der Waals surface area contributed by atoms with E-state index >= 15 is 0 Å². The Morgan fingerprint density at radius 2 is 1.47 bits per heavy atom. The van der Waals surface area contributed by atoms with E-state index in [0.29, 0.717) is 15.6 Å². The van der Waals surface area contributed by atoms with Crippen LogP contribution in [-0.4, -0.2) is 20.5 Å². The summed E-state index contributed by atoms with van der Waals surface area (Å²) < 4.78 is 28.7. The number of sulfonamides is 1. The SMILES string of the molecule is O=C(N/N=C\c1ccc(Cl)c(Cl)c1)c1ccccc1N(Cc1ccccc1)S(=O)(=O)c1ccccc1. The van der Waals surface area contributed by atoms with Gasteiger partial charge in [-0.05, 0) is 47.5 Å². The van der Waals surface area contributed by atoms with Crippen LogP contribution in [0.5, 0.6) is 0 Å². The third kappa shape index (κ3) is 5.94. The molecule has 0 aliphatic rings. The Morgan fingerprint density at radius 1 is 0.833 bits per heavy atom. The second kappa shape index (κ2) is 11.4. The molecule has 0 saturated heterocycles. The summed E-state index contributed by atoms with van der Waals surface area (Å²) in [6.07, 6.45) is 1.42. The van der Waals surface area contributed by atoms with Crippen LogP contribution in [0.3, 0.4) is 0 Å². The molecule has 0 unspecified atom stereocenters. The van der Waals surface area contributed by atoms with Gasteiger partial charge in [-0.2, -0.15) is 5.10 Å². The summed E-state index contributed by atoms with van der Waals surface area (Å²) in [4.78, 5) is 13.2. The van der Waals surface area contributed by atoms with Gasteiger partial charge in [0.15, 0.2) is 0 Å². The van der Waals surface area contributed by atoms with Crippen molar-refractivity contribution in [2.24, 2.45) is 5.10 Å². The molecule has 0 bridgehead atoms. The molecule has 0 spiro atoms. The van der Waals surface area contributed by atoms with Crippen molar-refractivity contribution in [3.8, 4) is 0 Å². The fraction of sp³-hybridized carbons (Fsp3) is 0.0370. The first kappa shape index (κ1) is 25.4. The monoisotopic (exact) mass is 537 g/mol. The van der Waals surface area contributed by atoms with Crippen LogP contribution in [-0.2, 0) is 16.6 Å².